The number of hydrogen-bond donors (Lipinski definition) is 1. The van der Waals surface area contributed by atoms with Gasteiger partial charge in [0.05, 0.1) is 11.9 Å². The Bertz CT molecular complexity index is 1370. The number of carbonyl (C=O) groups is 2. The molecule has 0 heterocycles. The van der Waals surface area contributed by atoms with E-state index in [4.69, 9.17) is 0 Å². The first kappa shape index (κ1) is 28.9. The Kier molecular flexibility index (Phi) is 9.69. The first-order valence-electron chi connectivity index (χ1n) is 12.7. The van der Waals surface area contributed by atoms with Crippen molar-refractivity contribution in [1.82, 2.24) is 10.2 Å². The van der Waals surface area contributed by atoms with Gasteiger partial charge in [0.25, 0.3) is 0 Å². The van der Waals surface area contributed by atoms with Crippen molar-refractivity contribution >= 4 is 27.5 Å². The van der Waals surface area contributed by atoms with Crippen molar-refractivity contribution in [3.8, 4) is 0 Å². The number of anilines is 1. The van der Waals surface area contributed by atoms with Crippen LogP contribution in [0.25, 0.3) is 0 Å². The Morgan fingerprint density at radius 3 is 2.18 bits per heavy atom. The molecule has 1 atom stereocenters. The zero-order valence-corrected chi connectivity index (χ0v) is 23.6. The van der Waals surface area contributed by atoms with Crippen molar-refractivity contribution in [1.29, 1.82) is 0 Å². The van der Waals surface area contributed by atoms with E-state index in [2.05, 4.69) is 5.32 Å². The van der Waals surface area contributed by atoms with Crippen molar-refractivity contribution in [2.75, 3.05) is 23.7 Å². The number of likely N-dealkylation sites (N-methyl/N-ethyl adjacent to an activating group) is 1. The molecule has 3 aromatic rings. The highest BCUT2D eigenvalue weighted by molar-refractivity contribution is 7.92. The SMILES string of the molecule is CCNC(=O)C(Cc1ccccc1)N(Cc1cccc(C)c1)C(=O)CN(c1cccc(C)c1C)S(C)(=O)=O. The van der Waals surface area contributed by atoms with E-state index in [0.717, 1.165) is 38.4 Å². The second-order valence-electron chi connectivity index (χ2n) is 9.60. The second kappa shape index (κ2) is 12.7. The number of nitrogens with one attached hydrogen (secondary N) is 1. The molecule has 3 rings (SSSR count). The smallest absolute Gasteiger partial charge is 0.244 e. The van der Waals surface area contributed by atoms with Crippen LogP contribution >= 0.6 is 0 Å². The Hall–Kier alpha value is -3.65. The maximum Gasteiger partial charge on any atom is 0.244 e. The summed E-state index contributed by atoms with van der Waals surface area (Å²) in [6, 6.07) is 21.8. The number of aryl methyl sites for hydroxylation is 2. The van der Waals surface area contributed by atoms with Crippen LogP contribution in [0.3, 0.4) is 0 Å². The zero-order chi connectivity index (χ0) is 27.9. The lowest BCUT2D eigenvalue weighted by molar-refractivity contribution is -0.140. The van der Waals surface area contributed by atoms with Crippen LogP contribution in [-0.4, -0.2) is 50.5 Å². The van der Waals surface area contributed by atoms with Gasteiger partial charge in [0, 0.05) is 19.5 Å². The lowest BCUT2D eigenvalue weighted by Crippen LogP contribution is -2.53. The Labute approximate surface area is 226 Å². The summed E-state index contributed by atoms with van der Waals surface area (Å²) in [4.78, 5) is 28.9. The summed E-state index contributed by atoms with van der Waals surface area (Å²) in [7, 11) is -3.80. The lowest BCUT2D eigenvalue weighted by atomic mass is 10.0. The van der Waals surface area contributed by atoms with Crippen LogP contribution < -0.4 is 9.62 Å². The molecule has 0 saturated heterocycles. The molecule has 0 bridgehead atoms. The predicted octanol–water partition coefficient (Wildman–Crippen LogP) is 4.15. The molecule has 0 saturated carbocycles. The number of rotatable bonds is 11. The van der Waals surface area contributed by atoms with Crippen LogP contribution in [-0.2, 0) is 32.6 Å². The number of hydrogen-bond acceptors (Lipinski definition) is 4. The monoisotopic (exact) mass is 535 g/mol. The molecule has 7 nitrogen and oxygen atoms in total. The highest BCUT2D eigenvalue weighted by Gasteiger charge is 2.33. The van der Waals surface area contributed by atoms with Crippen molar-refractivity contribution in [2.45, 2.75) is 46.7 Å². The molecule has 3 aromatic carbocycles. The summed E-state index contributed by atoms with van der Waals surface area (Å²) in [5.74, 6) is -0.736. The molecule has 38 heavy (non-hydrogen) atoms. The van der Waals surface area contributed by atoms with Crippen LogP contribution in [0.15, 0.2) is 72.8 Å². The quantitative estimate of drug-likeness (QED) is 0.400. The Balaban J connectivity index is 2.07. The first-order chi connectivity index (χ1) is 18.0. The minimum absolute atomic E-state index is 0.166. The van der Waals surface area contributed by atoms with E-state index >= 15 is 0 Å². The van der Waals surface area contributed by atoms with Gasteiger partial charge in [0.1, 0.15) is 12.6 Å². The van der Waals surface area contributed by atoms with Crippen molar-refractivity contribution < 1.29 is 18.0 Å². The maximum absolute atomic E-state index is 14.0. The van der Waals surface area contributed by atoms with E-state index in [1.165, 1.54) is 4.90 Å². The zero-order valence-electron chi connectivity index (χ0n) is 22.8. The number of benzene rings is 3. The van der Waals surface area contributed by atoms with Crippen molar-refractivity contribution in [2.24, 2.45) is 0 Å². The van der Waals surface area contributed by atoms with Gasteiger partial charge in [0.2, 0.25) is 21.8 Å². The summed E-state index contributed by atoms with van der Waals surface area (Å²) in [5.41, 5.74) is 4.94. The fraction of sp³-hybridized carbons (Fsp3) is 0.333. The van der Waals surface area contributed by atoms with Gasteiger partial charge in [-0.15, -0.1) is 0 Å². The summed E-state index contributed by atoms with van der Waals surface area (Å²) < 4.78 is 27.0. The van der Waals surface area contributed by atoms with Gasteiger partial charge in [-0.3, -0.25) is 13.9 Å². The Morgan fingerprint density at radius 1 is 0.895 bits per heavy atom. The summed E-state index contributed by atoms with van der Waals surface area (Å²) >= 11 is 0. The average molecular weight is 536 g/mol. The molecule has 0 aliphatic rings. The third kappa shape index (κ3) is 7.44. The molecule has 2 amide bonds. The molecule has 0 aliphatic heterocycles. The van der Waals surface area contributed by atoms with E-state index in [-0.39, 0.29) is 12.5 Å². The summed E-state index contributed by atoms with van der Waals surface area (Å²) in [6.07, 6.45) is 1.39. The number of amides is 2. The second-order valence-corrected chi connectivity index (χ2v) is 11.5. The fourth-order valence-corrected chi connectivity index (χ4v) is 5.35. The summed E-state index contributed by atoms with van der Waals surface area (Å²) in [6.45, 7) is 7.69. The average Bonchev–Trinajstić information content (AvgIpc) is 2.86. The fourth-order valence-electron chi connectivity index (χ4n) is 4.45. The van der Waals surface area contributed by atoms with Crippen LogP contribution in [0.4, 0.5) is 5.69 Å². The van der Waals surface area contributed by atoms with Gasteiger partial charge in [-0.1, -0.05) is 72.3 Å². The molecule has 0 aromatic heterocycles. The van der Waals surface area contributed by atoms with Crippen molar-refractivity contribution in [3.05, 3.63) is 101 Å². The van der Waals surface area contributed by atoms with E-state index in [9.17, 15) is 18.0 Å². The van der Waals surface area contributed by atoms with Gasteiger partial charge in [-0.2, -0.15) is 0 Å². The normalized spacial score (nSPS) is 12.0. The largest absolute Gasteiger partial charge is 0.355 e. The lowest BCUT2D eigenvalue weighted by Gasteiger charge is -2.34. The van der Waals surface area contributed by atoms with Crippen LogP contribution in [0.5, 0.6) is 0 Å². The molecule has 1 N–H and O–H groups in total. The highest BCUT2D eigenvalue weighted by Crippen LogP contribution is 2.26. The highest BCUT2D eigenvalue weighted by atomic mass is 32.2. The van der Waals surface area contributed by atoms with Crippen LogP contribution in [0.2, 0.25) is 0 Å². The Morgan fingerprint density at radius 2 is 1.55 bits per heavy atom. The van der Waals surface area contributed by atoms with Gasteiger partial charge in [0.15, 0.2) is 0 Å². The molecule has 1 unspecified atom stereocenters. The maximum atomic E-state index is 14.0. The summed E-state index contributed by atoms with van der Waals surface area (Å²) in [5, 5.41) is 2.87. The molecule has 0 spiro atoms. The predicted molar refractivity (Wildman–Crippen MR) is 152 cm³/mol. The van der Waals surface area contributed by atoms with E-state index in [1.807, 2.05) is 88.4 Å². The number of sulfonamides is 1. The molecular formula is C30H37N3O4S. The first-order valence-corrected chi connectivity index (χ1v) is 14.6. The van der Waals surface area contributed by atoms with E-state index in [1.54, 1.807) is 12.1 Å². The number of nitrogens with zero attached hydrogens (tertiary/aromatic N) is 2. The number of carbonyl (C=O) groups excluding carboxylic acids is 2. The third-order valence-corrected chi connectivity index (χ3v) is 7.71. The van der Waals surface area contributed by atoms with Crippen LogP contribution in [0.1, 0.15) is 34.7 Å². The minimum Gasteiger partial charge on any atom is -0.355 e. The topological polar surface area (TPSA) is 86.8 Å². The van der Waals surface area contributed by atoms with Gasteiger partial charge < -0.3 is 10.2 Å². The van der Waals surface area contributed by atoms with E-state index < -0.39 is 28.5 Å². The molecular weight excluding hydrogens is 498 g/mol. The van der Waals surface area contributed by atoms with Crippen LogP contribution in [0, 0.1) is 20.8 Å². The minimum atomic E-state index is -3.80. The van der Waals surface area contributed by atoms with E-state index in [0.29, 0.717) is 18.7 Å². The van der Waals surface area contributed by atoms with Crippen molar-refractivity contribution in [3.63, 3.8) is 0 Å². The molecule has 202 valence electrons. The molecule has 8 heteroatoms. The molecule has 0 aliphatic carbocycles. The standard InChI is InChI=1S/C30H37N3O4S/c1-6-31-30(35)28(19-25-14-8-7-9-15-25)32(20-26-16-10-12-22(2)18-26)29(34)21-33(38(5,36)37)27-17-11-13-23(3)24(27)4/h7-18,28H,6,19-21H2,1-5H3,(H,31,35). The molecule has 0 fully saturated rings. The van der Waals surface area contributed by atoms with Gasteiger partial charge >= 0.3 is 0 Å². The third-order valence-electron chi connectivity index (χ3n) is 6.58. The van der Waals surface area contributed by atoms with Gasteiger partial charge in [-0.05, 0) is 56.0 Å². The molecule has 0 radical (unpaired) electrons. The van der Waals surface area contributed by atoms with Gasteiger partial charge in [-0.25, -0.2) is 8.42 Å².